The fourth-order valence-electron chi connectivity index (χ4n) is 1.63. The number of halogens is 2. The number of nitrogens with zero attached hydrogens (tertiary/aromatic N) is 1. The van der Waals surface area contributed by atoms with Gasteiger partial charge in [0.2, 0.25) is 5.91 Å². The molecule has 0 saturated heterocycles. The highest BCUT2D eigenvalue weighted by atomic mass is 35.5. The Balaban J connectivity index is 3.16. The van der Waals surface area contributed by atoms with Crippen LogP contribution in [0.5, 0.6) is 0 Å². The Morgan fingerprint density at radius 1 is 1.58 bits per heavy atom. The van der Waals surface area contributed by atoms with Gasteiger partial charge in [0.05, 0.1) is 9.95 Å². The van der Waals surface area contributed by atoms with E-state index in [9.17, 15) is 19.3 Å². The SMILES string of the molecule is CC(C)(CC(N)=O)Nc1cc(F)c(Cl)cc1[N+](=O)[O-]. The molecule has 0 fully saturated rings. The van der Waals surface area contributed by atoms with Crippen molar-refractivity contribution in [3.63, 3.8) is 0 Å². The summed E-state index contributed by atoms with van der Waals surface area (Å²) < 4.78 is 13.4. The molecule has 0 spiro atoms. The first kappa shape index (κ1) is 15.2. The number of nitrogens with two attached hydrogens (primary N) is 1. The third-order valence-electron chi connectivity index (χ3n) is 2.32. The van der Waals surface area contributed by atoms with E-state index in [1.165, 1.54) is 0 Å². The molecule has 0 aromatic heterocycles. The highest BCUT2D eigenvalue weighted by Gasteiger charge is 2.25. The van der Waals surface area contributed by atoms with Crippen molar-refractivity contribution < 1.29 is 14.1 Å². The number of nitro groups is 1. The van der Waals surface area contributed by atoms with Crippen LogP contribution in [0.1, 0.15) is 20.3 Å². The molecule has 0 radical (unpaired) electrons. The summed E-state index contributed by atoms with van der Waals surface area (Å²) in [6.45, 7) is 3.24. The first-order valence-corrected chi connectivity index (χ1v) is 5.70. The topological polar surface area (TPSA) is 98.3 Å². The number of hydrogen-bond donors (Lipinski definition) is 2. The van der Waals surface area contributed by atoms with Crippen molar-refractivity contribution in [1.82, 2.24) is 0 Å². The van der Waals surface area contributed by atoms with Gasteiger partial charge in [0.15, 0.2) is 0 Å². The molecule has 0 aliphatic heterocycles. The minimum Gasteiger partial charge on any atom is -0.374 e. The van der Waals surface area contributed by atoms with E-state index < -0.39 is 22.2 Å². The molecular weight excluding hydrogens is 277 g/mol. The van der Waals surface area contributed by atoms with Gasteiger partial charge in [-0.15, -0.1) is 0 Å². The van der Waals surface area contributed by atoms with Crippen molar-refractivity contribution in [1.29, 1.82) is 0 Å². The average Bonchev–Trinajstić information content (AvgIpc) is 2.19. The van der Waals surface area contributed by atoms with Gasteiger partial charge in [0.1, 0.15) is 11.5 Å². The molecular formula is C11H13ClFN3O3. The Hall–Kier alpha value is -1.89. The van der Waals surface area contributed by atoms with E-state index in [1.54, 1.807) is 13.8 Å². The number of nitro benzene ring substituents is 1. The number of rotatable bonds is 5. The summed E-state index contributed by atoms with van der Waals surface area (Å²) >= 11 is 5.50. The van der Waals surface area contributed by atoms with Crippen LogP contribution in [0.3, 0.4) is 0 Å². The van der Waals surface area contributed by atoms with Crippen LogP contribution >= 0.6 is 11.6 Å². The zero-order valence-electron chi connectivity index (χ0n) is 10.4. The van der Waals surface area contributed by atoms with Crippen molar-refractivity contribution in [3.8, 4) is 0 Å². The molecule has 0 atom stereocenters. The quantitative estimate of drug-likeness (QED) is 0.642. The molecule has 1 aromatic rings. The van der Waals surface area contributed by atoms with E-state index in [0.717, 1.165) is 12.1 Å². The average molecular weight is 290 g/mol. The largest absolute Gasteiger partial charge is 0.374 e. The van der Waals surface area contributed by atoms with Crippen LogP contribution in [0, 0.1) is 15.9 Å². The van der Waals surface area contributed by atoms with E-state index in [4.69, 9.17) is 17.3 Å². The number of hydrogen-bond acceptors (Lipinski definition) is 4. The zero-order chi connectivity index (χ0) is 14.8. The van der Waals surface area contributed by atoms with E-state index >= 15 is 0 Å². The van der Waals surface area contributed by atoms with Gasteiger partial charge in [-0.1, -0.05) is 11.6 Å². The molecule has 8 heteroatoms. The maximum absolute atomic E-state index is 13.4. The Morgan fingerprint density at radius 2 is 2.16 bits per heavy atom. The van der Waals surface area contributed by atoms with Crippen molar-refractivity contribution in [3.05, 3.63) is 33.1 Å². The standard InChI is InChI=1S/C11H13ClFN3O3/c1-11(2,5-10(14)17)15-8-4-7(13)6(12)3-9(8)16(18)19/h3-4,15H,5H2,1-2H3,(H2,14,17). The lowest BCUT2D eigenvalue weighted by Crippen LogP contribution is -2.36. The van der Waals surface area contributed by atoms with Gasteiger partial charge in [-0.2, -0.15) is 0 Å². The summed E-state index contributed by atoms with van der Waals surface area (Å²) in [7, 11) is 0. The second kappa shape index (κ2) is 5.40. The lowest BCUT2D eigenvalue weighted by molar-refractivity contribution is -0.384. The molecule has 1 rings (SSSR count). The van der Waals surface area contributed by atoms with Crippen LogP contribution in [0.4, 0.5) is 15.8 Å². The van der Waals surface area contributed by atoms with Gasteiger partial charge in [0, 0.05) is 24.1 Å². The first-order valence-electron chi connectivity index (χ1n) is 5.32. The third kappa shape index (κ3) is 4.06. The number of carbonyl (C=O) groups excluding carboxylic acids is 1. The number of anilines is 1. The number of benzene rings is 1. The highest BCUT2D eigenvalue weighted by molar-refractivity contribution is 6.31. The van der Waals surface area contributed by atoms with Crippen LogP contribution in [0.2, 0.25) is 5.02 Å². The van der Waals surface area contributed by atoms with Gasteiger partial charge < -0.3 is 11.1 Å². The molecule has 19 heavy (non-hydrogen) atoms. The van der Waals surface area contributed by atoms with Gasteiger partial charge in [-0.05, 0) is 13.8 Å². The molecule has 1 amide bonds. The minimum absolute atomic E-state index is 0.0573. The van der Waals surface area contributed by atoms with E-state index in [1.807, 2.05) is 0 Å². The lowest BCUT2D eigenvalue weighted by Gasteiger charge is -2.26. The number of primary amides is 1. The number of amides is 1. The number of carbonyl (C=O) groups is 1. The molecule has 1 aromatic carbocycles. The fourth-order valence-corrected chi connectivity index (χ4v) is 1.79. The smallest absolute Gasteiger partial charge is 0.294 e. The van der Waals surface area contributed by atoms with E-state index in [-0.39, 0.29) is 22.8 Å². The van der Waals surface area contributed by atoms with Crippen LogP contribution in [-0.4, -0.2) is 16.4 Å². The maximum Gasteiger partial charge on any atom is 0.294 e. The van der Waals surface area contributed by atoms with Crippen molar-refractivity contribution >= 4 is 28.9 Å². The van der Waals surface area contributed by atoms with Crippen molar-refractivity contribution in [2.75, 3.05) is 5.32 Å². The molecule has 0 heterocycles. The predicted molar refractivity (Wildman–Crippen MR) is 69.6 cm³/mol. The van der Waals surface area contributed by atoms with Gasteiger partial charge >= 0.3 is 0 Å². The molecule has 0 saturated carbocycles. The molecule has 104 valence electrons. The monoisotopic (exact) mass is 289 g/mol. The Bertz CT molecular complexity index is 534. The third-order valence-corrected chi connectivity index (χ3v) is 2.61. The van der Waals surface area contributed by atoms with Gasteiger partial charge in [-0.3, -0.25) is 14.9 Å². The lowest BCUT2D eigenvalue weighted by atomic mass is 9.99. The van der Waals surface area contributed by atoms with Gasteiger partial charge in [-0.25, -0.2) is 4.39 Å². The summed E-state index contributed by atoms with van der Waals surface area (Å²) in [6.07, 6.45) is -0.0611. The normalized spacial score (nSPS) is 11.2. The van der Waals surface area contributed by atoms with Crippen LogP contribution in [0.25, 0.3) is 0 Å². The maximum atomic E-state index is 13.4. The Morgan fingerprint density at radius 3 is 2.63 bits per heavy atom. The van der Waals surface area contributed by atoms with Gasteiger partial charge in [0.25, 0.3) is 5.69 Å². The molecule has 0 bridgehead atoms. The Labute approximate surface area is 113 Å². The molecule has 3 N–H and O–H groups in total. The van der Waals surface area contributed by atoms with Crippen molar-refractivity contribution in [2.45, 2.75) is 25.8 Å². The van der Waals surface area contributed by atoms with E-state index in [2.05, 4.69) is 5.32 Å². The van der Waals surface area contributed by atoms with Crippen LogP contribution < -0.4 is 11.1 Å². The summed E-state index contributed by atoms with van der Waals surface area (Å²) in [5, 5.41) is 13.3. The van der Waals surface area contributed by atoms with E-state index in [0.29, 0.717) is 0 Å². The summed E-state index contributed by atoms with van der Waals surface area (Å²) in [4.78, 5) is 21.1. The minimum atomic E-state index is -0.850. The molecule has 0 aliphatic rings. The summed E-state index contributed by atoms with van der Waals surface area (Å²) in [5.74, 6) is -1.36. The molecule has 6 nitrogen and oxygen atoms in total. The summed E-state index contributed by atoms with van der Waals surface area (Å²) in [6, 6.07) is 1.84. The molecule has 0 unspecified atom stereocenters. The predicted octanol–water partition coefficient (Wildman–Crippen LogP) is 2.45. The number of nitrogens with one attached hydrogen (secondary N) is 1. The molecule has 0 aliphatic carbocycles. The zero-order valence-corrected chi connectivity index (χ0v) is 11.1. The van der Waals surface area contributed by atoms with Crippen LogP contribution in [0.15, 0.2) is 12.1 Å². The second-order valence-corrected chi connectivity index (χ2v) is 5.10. The fraction of sp³-hybridized carbons (Fsp3) is 0.364. The second-order valence-electron chi connectivity index (χ2n) is 4.69. The van der Waals surface area contributed by atoms with Crippen molar-refractivity contribution in [2.24, 2.45) is 5.73 Å². The summed E-state index contributed by atoms with van der Waals surface area (Å²) in [5.41, 5.74) is 3.80. The highest BCUT2D eigenvalue weighted by Crippen LogP contribution is 2.32. The first-order chi connectivity index (χ1) is 8.62. The Kier molecular flexibility index (Phi) is 4.31. The van der Waals surface area contributed by atoms with Crippen LogP contribution in [-0.2, 0) is 4.79 Å².